The average molecular weight is 330 g/mol. The second-order valence-corrected chi connectivity index (χ2v) is 6.99. The van der Waals surface area contributed by atoms with E-state index < -0.39 is 5.54 Å². The molecule has 0 aliphatic carbocycles. The summed E-state index contributed by atoms with van der Waals surface area (Å²) in [6.07, 6.45) is 1.88. The normalized spacial score (nSPS) is 16.6. The summed E-state index contributed by atoms with van der Waals surface area (Å²) >= 11 is 0. The van der Waals surface area contributed by atoms with Crippen LogP contribution in [0.1, 0.15) is 19.7 Å². The number of nitrogens with zero attached hydrogens (tertiary/aromatic N) is 4. The number of aromatic nitrogens is 2. The highest BCUT2D eigenvalue weighted by Gasteiger charge is 2.40. The molecule has 1 aromatic heterocycles. The number of carbonyl (C=O) groups excluding carboxylic acids is 1. The third-order valence-corrected chi connectivity index (χ3v) is 4.52. The summed E-state index contributed by atoms with van der Waals surface area (Å²) in [6, 6.07) is 6.27. The summed E-state index contributed by atoms with van der Waals surface area (Å²) in [5, 5.41) is 0. The van der Waals surface area contributed by atoms with Crippen molar-refractivity contribution in [2.24, 2.45) is 0 Å². The predicted octanol–water partition coefficient (Wildman–Crippen LogP) is 2.33. The van der Waals surface area contributed by atoms with Crippen LogP contribution < -0.4 is 0 Å². The zero-order chi connectivity index (χ0) is 17.5. The van der Waals surface area contributed by atoms with Crippen LogP contribution in [0.15, 0.2) is 30.5 Å². The van der Waals surface area contributed by atoms with Crippen molar-refractivity contribution < 1.29 is 9.18 Å². The van der Waals surface area contributed by atoms with Crippen LogP contribution in [0.3, 0.4) is 0 Å². The average Bonchev–Trinajstić information content (AvgIpc) is 2.92. The van der Waals surface area contributed by atoms with E-state index in [0.29, 0.717) is 13.1 Å². The van der Waals surface area contributed by atoms with E-state index in [-0.39, 0.29) is 11.7 Å². The molecule has 0 unspecified atom stereocenters. The van der Waals surface area contributed by atoms with Crippen molar-refractivity contribution in [2.75, 3.05) is 27.2 Å². The number of likely N-dealkylation sites (N-methyl/N-ethyl adjacent to an activating group) is 1. The lowest BCUT2D eigenvalue weighted by Gasteiger charge is -2.42. The summed E-state index contributed by atoms with van der Waals surface area (Å²) in [5.41, 5.74) is 1.13. The number of benzene rings is 1. The lowest BCUT2D eigenvalue weighted by Crippen LogP contribution is -2.54. The van der Waals surface area contributed by atoms with E-state index in [0.717, 1.165) is 23.6 Å². The Kier molecular flexibility index (Phi) is 4.17. The van der Waals surface area contributed by atoms with Gasteiger partial charge in [-0.15, -0.1) is 0 Å². The van der Waals surface area contributed by atoms with Crippen molar-refractivity contribution in [2.45, 2.75) is 25.9 Å². The van der Waals surface area contributed by atoms with Crippen molar-refractivity contribution in [3.8, 4) is 11.3 Å². The van der Waals surface area contributed by atoms with Gasteiger partial charge >= 0.3 is 0 Å². The zero-order valence-electron chi connectivity index (χ0n) is 14.6. The molecule has 3 rings (SSSR count). The van der Waals surface area contributed by atoms with E-state index in [1.807, 2.05) is 43.6 Å². The first-order valence-electron chi connectivity index (χ1n) is 8.08. The minimum Gasteiger partial charge on any atom is -0.328 e. The molecule has 0 atom stereocenters. The van der Waals surface area contributed by atoms with Crippen LogP contribution in [0.2, 0.25) is 0 Å². The lowest BCUT2D eigenvalue weighted by atomic mass is 9.99. The van der Waals surface area contributed by atoms with E-state index >= 15 is 0 Å². The van der Waals surface area contributed by atoms with Gasteiger partial charge in [0.05, 0.1) is 11.2 Å². The molecule has 0 spiro atoms. The van der Waals surface area contributed by atoms with Gasteiger partial charge in [0.2, 0.25) is 5.91 Å². The number of carbonyl (C=O) groups is 1. The van der Waals surface area contributed by atoms with Gasteiger partial charge in [-0.25, -0.2) is 9.37 Å². The summed E-state index contributed by atoms with van der Waals surface area (Å²) in [5.74, 6) is 0.686. The smallest absolute Gasteiger partial charge is 0.243 e. The van der Waals surface area contributed by atoms with Crippen molar-refractivity contribution in [3.05, 3.63) is 42.1 Å². The van der Waals surface area contributed by atoms with Crippen LogP contribution in [0, 0.1) is 5.82 Å². The highest BCUT2D eigenvalue weighted by molar-refractivity contribution is 5.78. The van der Waals surface area contributed by atoms with Crippen LogP contribution in [0.5, 0.6) is 0 Å². The summed E-state index contributed by atoms with van der Waals surface area (Å²) in [6.45, 7) is 5.80. The number of imidazole rings is 1. The Morgan fingerprint density at radius 1 is 1.25 bits per heavy atom. The van der Waals surface area contributed by atoms with Gasteiger partial charge in [-0.1, -0.05) is 0 Å². The van der Waals surface area contributed by atoms with Gasteiger partial charge in [0.1, 0.15) is 18.2 Å². The number of hydrogen-bond donors (Lipinski definition) is 0. The van der Waals surface area contributed by atoms with Gasteiger partial charge in [-0.3, -0.25) is 4.79 Å². The highest BCUT2D eigenvalue weighted by atomic mass is 19.1. The fourth-order valence-corrected chi connectivity index (χ4v) is 3.15. The first-order chi connectivity index (χ1) is 11.3. The van der Waals surface area contributed by atoms with E-state index in [9.17, 15) is 9.18 Å². The molecule has 0 saturated heterocycles. The topological polar surface area (TPSA) is 41.4 Å². The van der Waals surface area contributed by atoms with Crippen molar-refractivity contribution in [1.29, 1.82) is 0 Å². The Labute approximate surface area is 141 Å². The summed E-state index contributed by atoms with van der Waals surface area (Å²) < 4.78 is 15.0. The maximum atomic E-state index is 13.1. The van der Waals surface area contributed by atoms with Gasteiger partial charge in [0.25, 0.3) is 0 Å². The molecule has 1 aliphatic heterocycles. The maximum Gasteiger partial charge on any atom is 0.243 e. The first-order valence-corrected chi connectivity index (χ1v) is 8.08. The van der Waals surface area contributed by atoms with E-state index in [1.165, 1.54) is 12.1 Å². The molecular formula is C18H23FN4O. The second kappa shape index (κ2) is 6.02. The molecule has 2 heterocycles. The van der Waals surface area contributed by atoms with Crippen molar-refractivity contribution in [3.63, 3.8) is 0 Å². The Balaban J connectivity index is 1.95. The number of amides is 1. The van der Waals surface area contributed by atoms with Gasteiger partial charge < -0.3 is 14.4 Å². The molecule has 0 N–H and O–H groups in total. The molecule has 128 valence electrons. The molecular weight excluding hydrogens is 307 g/mol. The molecule has 0 fully saturated rings. The molecule has 24 heavy (non-hydrogen) atoms. The summed E-state index contributed by atoms with van der Waals surface area (Å²) in [4.78, 5) is 21.3. The minimum absolute atomic E-state index is 0.0948. The third kappa shape index (κ3) is 2.94. The van der Waals surface area contributed by atoms with E-state index in [2.05, 4.69) is 4.90 Å². The van der Waals surface area contributed by atoms with Crippen LogP contribution in [-0.2, 0) is 16.9 Å². The van der Waals surface area contributed by atoms with Crippen LogP contribution in [-0.4, -0.2) is 52.4 Å². The second-order valence-electron chi connectivity index (χ2n) is 6.99. The Bertz CT molecular complexity index is 749. The molecule has 2 aromatic rings. The molecule has 0 saturated carbocycles. The van der Waals surface area contributed by atoms with Gasteiger partial charge in [-0.05, 0) is 52.2 Å². The Morgan fingerprint density at radius 2 is 1.92 bits per heavy atom. The maximum absolute atomic E-state index is 13.1. The van der Waals surface area contributed by atoms with Crippen LogP contribution in [0.4, 0.5) is 4.39 Å². The fourth-order valence-electron chi connectivity index (χ4n) is 3.15. The standard InChI is InChI=1S/C18H23FN4O/c1-18(2)17-20-15(13-5-7-14(19)8-6-13)11-22(17)12-16(24)23(18)10-9-21(3)4/h5-8,11H,9-10,12H2,1-4H3. The zero-order valence-corrected chi connectivity index (χ0v) is 14.6. The number of hydrogen-bond acceptors (Lipinski definition) is 3. The summed E-state index contributed by atoms with van der Waals surface area (Å²) in [7, 11) is 3.99. The molecule has 0 bridgehead atoms. The van der Waals surface area contributed by atoms with E-state index in [1.54, 1.807) is 12.1 Å². The SMILES string of the molecule is CN(C)CCN1C(=O)Cn2cc(-c3ccc(F)cc3)nc2C1(C)C. The van der Waals surface area contributed by atoms with Gasteiger partial charge in [0, 0.05) is 24.8 Å². The molecule has 0 radical (unpaired) electrons. The lowest BCUT2D eigenvalue weighted by molar-refractivity contribution is -0.140. The van der Waals surface area contributed by atoms with Crippen LogP contribution in [0.25, 0.3) is 11.3 Å². The largest absolute Gasteiger partial charge is 0.328 e. The quantitative estimate of drug-likeness (QED) is 0.864. The van der Waals surface area contributed by atoms with Gasteiger partial charge in [-0.2, -0.15) is 0 Å². The number of fused-ring (bicyclic) bond motifs is 1. The fraction of sp³-hybridized carbons (Fsp3) is 0.444. The van der Waals surface area contributed by atoms with Crippen LogP contribution >= 0.6 is 0 Å². The molecule has 6 heteroatoms. The highest BCUT2D eigenvalue weighted by Crippen LogP contribution is 2.33. The van der Waals surface area contributed by atoms with E-state index in [4.69, 9.17) is 4.98 Å². The predicted molar refractivity (Wildman–Crippen MR) is 90.9 cm³/mol. The molecule has 5 nitrogen and oxygen atoms in total. The number of halogens is 1. The third-order valence-electron chi connectivity index (χ3n) is 4.52. The Morgan fingerprint density at radius 3 is 2.54 bits per heavy atom. The monoisotopic (exact) mass is 330 g/mol. The first kappa shape index (κ1) is 16.6. The molecule has 1 aliphatic rings. The Hall–Kier alpha value is -2.21. The number of rotatable bonds is 4. The van der Waals surface area contributed by atoms with Crippen molar-refractivity contribution in [1.82, 2.24) is 19.4 Å². The minimum atomic E-state index is -0.483. The van der Waals surface area contributed by atoms with Gasteiger partial charge in [0.15, 0.2) is 0 Å². The molecule has 1 amide bonds. The van der Waals surface area contributed by atoms with Crippen molar-refractivity contribution >= 4 is 5.91 Å². The molecule has 1 aromatic carbocycles.